The molecule has 0 aromatic heterocycles. The second kappa shape index (κ2) is 24.1. The molecule has 0 aliphatic heterocycles. The molecule has 0 saturated carbocycles. The van der Waals surface area contributed by atoms with E-state index in [1.807, 2.05) is 0 Å². The van der Waals surface area contributed by atoms with Gasteiger partial charge >= 0.3 is 5.97 Å². The molecule has 0 radical (unpaired) electrons. The fraction of sp³-hybridized carbons (Fsp3) is 0.692. The lowest BCUT2D eigenvalue weighted by atomic mass is 10.1. The first kappa shape index (κ1) is 32.0. The average molecular weight is 487 g/mol. The van der Waals surface area contributed by atoms with Gasteiger partial charge in [-0.3, -0.25) is 0 Å². The van der Waals surface area contributed by atoms with E-state index in [2.05, 4.69) is 33.2 Å². The van der Waals surface area contributed by atoms with Gasteiger partial charge in [0, 0.05) is 0 Å². The highest BCUT2D eigenvalue weighted by Crippen LogP contribution is 2.28. The van der Waals surface area contributed by atoms with Gasteiger partial charge in [0.2, 0.25) is 0 Å². The molecule has 1 atom stereocenters. The zero-order chi connectivity index (χ0) is 25.2. The molecule has 0 amide bonds. The Kier molecular flexibility index (Phi) is 22.7. The van der Waals surface area contributed by atoms with E-state index < -0.39 is 12.1 Å². The van der Waals surface area contributed by atoms with Crippen molar-refractivity contribution in [3.63, 3.8) is 0 Å². The Morgan fingerprint density at radius 1 is 0.559 bits per heavy atom. The lowest BCUT2D eigenvalue weighted by Gasteiger charge is -2.39. The fourth-order valence-electron chi connectivity index (χ4n) is 3.14. The molecule has 0 spiro atoms. The fourth-order valence-corrected chi connectivity index (χ4v) is 3.14. The molecule has 0 aliphatic rings. The Balaban J connectivity index is 5.50. The Hall–Kier alpha value is -2.00. The second-order valence-electron chi connectivity index (χ2n) is 7.21. The summed E-state index contributed by atoms with van der Waals surface area (Å²) in [6.45, 7) is 18.6. The molecular formula is C26H46O8. The van der Waals surface area contributed by atoms with E-state index in [1.165, 1.54) is 50.7 Å². The van der Waals surface area contributed by atoms with Crippen molar-refractivity contribution in [2.24, 2.45) is 0 Å². The normalized spacial score (nSPS) is 11.9. The minimum absolute atomic E-state index is 0.205. The summed E-state index contributed by atoms with van der Waals surface area (Å²) in [7, 11) is 0. The van der Waals surface area contributed by atoms with Crippen LogP contribution >= 0.6 is 0 Å². The maximum Gasteiger partial charge on any atom is 0.311 e. The van der Waals surface area contributed by atoms with Crippen LogP contribution in [0.25, 0.3) is 0 Å². The molecule has 0 heterocycles. The van der Waals surface area contributed by atoms with Gasteiger partial charge in [0.25, 0.3) is 0 Å². The Bertz CT molecular complexity index is 456. The number of ether oxygens (including phenoxy) is 8. The summed E-state index contributed by atoms with van der Waals surface area (Å²) in [4.78, 5) is 0. The summed E-state index contributed by atoms with van der Waals surface area (Å²) in [6, 6.07) is 0. The summed E-state index contributed by atoms with van der Waals surface area (Å²) in [6.07, 6.45) is 12.5. The van der Waals surface area contributed by atoms with E-state index in [0.29, 0.717) is 19.6 Å². The van der Waals surface area contributed by atoms with Crippen molar-refractivity contribution < 1.29 is 37.9 Å². The molecule has 0 rings (SSSR count). The van der Waals surface area contributed by atoms with Gasteiger partial charge in [0.15, 0.2) is 0 Å². The van der Waals surface area contributed by atoms with Gasteiger partial charge in [-0.25, -0.2) is 0 Å². The van der Waals surface area contributed by atoms with Crippen LogP contribution < -0.4 is 0 Å². The predicted molar refractivity (Wildman–Crippen MR) is 133 cm³/mol. The van der Waals surface area contributed by atoms with Crippen LogP contribution in [-0.4, -0.2) is 64.9 Å². The first-order valence-electron chi connectivity index (χ1n) is 12.1. The molecule has 0 bridgehead atoms. The summed E-state index contributed by atoms with van der Waals surface area (Å²) < 4.78 is 45.5. The summed E-state index contributed by atoms with van der Waals surface area (Å²) >= 11 is 0. The molecule has 0 aromatic carbocycles. The minimum atomic E-state index is -1.49. The third kappa shape index (κ3) is 16.6. The Morgan fingerprint density at radius 3 is 1.41 bits per heavy atom. The van der Waals surface area contributed by atoms with Crippen molar-refractivity contribution in [3.05, 3.63) is 51.4 Å². The van der Waals surface area contributed by atoms with E-state index in [0.717, 1.165) is 12.8 Å². The van der Waals surface area contributed by atoms with Gasteiger partial charge in [0.1, 0.15) is 32.5 Å². The van der Waals surface area contributed by atoms with Crippen molar-refractivity contribution in [1.82, 2.24) is 0 Å². The van der Waals surface area contributed by atoms with Crippen LogP contribution in [0.3, 0.4) is 0 Å². The van der Waals surface area contributed by atoms with Crippen molar-refractivity contribution in [3.8, 4) is 0 Å². The van der Waals surface area contributed by atoms with E-state index in [1.54, 1.807) is 0 Å². The van der Waals surface area contributed by atoms with Crippen LogP contribution in [0.5, 0.6) is 0 Å². The van der Waals surface area contributed by atoms with Crippen LogP contribution in [0.2, 0.25) is 0 Å². The first-order valence-corrected chi connectivity index (χ1v) is 12.1. The molecule has 1 unspecified atom stereocenters. The van der Waals surface area contributed by atoms with Crippen molar-refractivity contribution >= 4 is 0 Å². The monoisotopic (exact) mass is 486 g/mol. The standard InChI is InChI=1S/C26H46O8/c1-6-11-12-13-14-15-16-25(31-21-17-27-7-2)26(32-22-18-28-8-3,33-23-19-29-9-4)34-24-20-30-10-5/h7-10,25H,2-6,11-24H2,1H3. The van der Waals surface area contributed by atoms with Crippen molar-refractivity contribution in [2.75, 3.05) is 52.9 Å². The maximum absolute atomic E-state index is 6.18. The van der Waals surface area contributed by atoms with Crippen molar-refractivity contribution in [1.29, 1.82) is 0 Å². The SMILES string of the molecule is C=COCCOC(CCCCCCCC)C(OCCOC=C)(OCCOC=C)OCCOC=C. The zero-order valence-electron chi connectivity index (χ0n) is 21.1. The van der Waals surface area contributed by atoms with Crippen LogP contribution in [0.1, 0.15) is 51.9 Å². The summed E-state index contributed by atoms with van der Waals surface area (Å²) in [5.74, 6) is -1.49. The van der Waals surface area contributed by atoms with Crippen LogP contribution in [0.15, 0.2) is 51.4 Å². The lowest BCUT2D eigenvalue weighted by molar-refractivity contribution is -0.421. The molecule has 8 heteroatoms. The molecule has 198 valence electrons. The van der Waals surface area contributed by atoms with Gasteiger partial charge in [-0.05, 0) is 6.42 Å². The third-order valence-corrected chi connectivity index (χ3v) is 4.72. The van der Waals surface area contributed by atoms with Gasteiger partial charge in [-0.2, -0.15) is 0 Å². The lowest BCUT2D eigenvalue weighted by Crippen LogP contribution is -2.53. The zero-order valence-corrected chi connectivity index (χ0v) is 21.1. The van der Waals surface area contributed by atoms with Gasteiger partial charge in [0.05, 0.1) is 51.5 Å². The topological polar surface area (TPSA) is 73.8 Å². The molecule has 0 aliphatic carbocycles. The Labute approximate surface area is 206 Å². The molecule has 8 nitrogen and oxygen atoms in total. The van der Waals surface area contributed by atoms with Crippen LogP contribution in [-0.2, 0) is 37.9 Å². The average Bonchev–Trinajstić information content (AvgIpc) is 2.85. The van der Waals surface area contributed by atoms with E-state index in [4.69, 9.17) is 37.9 Å². The predicted octanol–water partition coefficient (Wildman–Crippen LogP) is 5.47. The third-order valence-electron chi connectivity index (χ3n) is 4.72. The second-order valence-corrected chi connectivity index (χ2v) is 7.21. The first-order chi connectivity index (χ1) is 16.7. The number of hydrogen-bond acceptors (Lipinski definition) is 8. The molecule has 0 N–H and O–H groups in total. The summed E-state index contributed by atoms with van der Waals surface area (Å²) in [5.41, 5.74) is 0. The van der Waals surface area contributed by atoms with Crippen molar-refractivity contribution in [2.45, 2.75) is 63.9 Å². The molecule has 0 saturated heterocycles. The van der Waals surface area contributed by atoms with Gasteiger partial charge in [-0.1, -0.05) is 71.8 Å². The van der Waals surface area contributed by atoms with E-state index in [9.17, 15) is 0 Å². The highest BCUT2D eigenvalue weighted by molar-refractivity contribution is 4.75. The largest absolute Gasteiger partial charge is 0.499 e. The molecular weight excluding hydrogens is 440 g/mol. The number of rotatable bonds is 28. The summed E-state index contributed by atoms with van der Waals surface area (Å²) in [5, 5.41) is 0. The number of hydrogen-bond donors (Lipinski definition) is 0. The highest BCUT2D eigenvalue weighted by atomic mass is 16.9. The minimum Gasteiger partial charge on any atom is -0.499 e. The van der Waals surface area contributed by atoms with E-state index >= 15 is 0 Å². The number of unbranched alkanes of at least 4 members (excludes halogenated alkanes) is 5. The maximum atomic E-state index is 6.18. The van der Waals surface area contributed by atoms with Gasteiger partial charge < -0.3 is 37.9 Å². The molecule has 0 aromatic rings. The van der Waals surface area contributed by atoms with Gasteiger partial charge in [-0.15, -0.1) is 0 Å². The van der Waals surface area contributed by atoms with Crippen LogP contribution in [0.4, 0.5) is 0 Å². The quantitative estimate of drug-likeness (QED) is 0.0819. The smallest absolute Gasteiger partial charge is 0.311 e. The highest BCUT2D eigenvalue weighted by Gasteiger charge is 2.44. The van der Waals surface area contributed by atoms with E-state index in [-0.39, 0.29) is 39.6 Å². The Morgan fingerprint density at radius 2 is 0.971 bits per heavy atom. The molecule has 0 fully saturated rings. The van der Waals surface area contributed by atoms with Crippen LogP contribution in [0, 0.1) is 0 Å². The molecule has 34 heavy (non-hydrogen) atoms.